The zero-order valence-electron chi connectivity index (χ0n) is 25.4. The van der Waals surface area contributed by atoms with Gasteiger partial charge >= 0.3 is 5.97 Å². The molecule has 5 aromatic rings. The number of hydrogen-bond acceptors (Lipinski definition) is 4. The van der Waals surface area contributed by atoms with Crippen LogP contribution in [0.2, 0.25) is 0 Å². The van der Waals surface area contributed by atoms with Crippen molar-refractivity contribution in [2.45, 2.75) is 57.8 Å². The van der Waals surface area contributed by atoms with Crippen molar-refractivity contribution in [3.8, 4) is 5.75 Å². The summed E-state index contributed by atoms with van der Waals surface area (Å²) < 4.78 is 11.9. The smallest absolute Gasteiger partial charge is 0.342 e. The monoisotopic (exact) mass is 598 g/mol. The number of amides is 1. The fraction of sp³-hybridized carbons (Fsp3) is 0.231. The molecule has 45 heavy (non-hydrogen) atoms. The van der Waals surface area contributed by atoms with Crippen molar-refractivity contribution < 1.29 is 19.1 Å². The SMILES string of the molecule is O=C(OCc1ccccc1)c1ccc(N(Cc2ccc(C3CCCCC3)cc2)C(=O)c2ccc[nH]2)cc1OCc1ccccc1. The zero-order chi connectivity index (χ0) is 30.8. The van der Waals surface area contributed by atoms with E-state index in [9.17, 15) is 9.59 Å². The summed E-state index contributed by atoms with van der Waals surface area (Å²) >= 11 is 0. The number of aromatic amines is 1. The maximum Gasteiger partial charge on any atom is 0.342 e. The van der Waals surface area contributed by atoms with Gasteiger partial charge in [0.15, 0.2) is 0 Å². The molecule has 1 N–H and O–H groups in total. The summed E-state index contributed by atoms with van der Waals surface area (Å²) in [7, 11) is 0. The van der Waals surface area contributed by atoms with Gasteiger partial charge in [-0.15, -0.1) is 0 Å². The highest BCUT2D eigenvalue weighted by atomic mass is 16.5. The Balaban J connectivity index is 1.29. The molecule has 1 aliphatic carbocycles. The number of nitrogens with one attached hydrogen (secondary N) is 1. The Labute approximate surface area is 264 Å². The number of carbonyl (C=O) groups excluding carboxylic acids is 2. The predicted octanol–water partition coefficient (Wildman–Crippen LogP) is 8.85. The van der Waals surface area contributed by atoms with Crippen LogP contribution in [0.25, 0.3) is 0 Å². The summed E-state index contributed by atoms with van der Waals surface area (Å²) in [4.78, 5) is 31.9. The molecule has 6 heteroatoms. The summed E-state index contributed by atoms with van der Waals surface area (Å²) in [6.07, 6.45) is 8.12. The van der Waals surface area contributed by atoms with Gasteiger partial charge in [-0.3, -0.25) is 4.79 Å². The Morgan fingerprint density at radius 1 is 0.711 bits per heavy atom. The summed E-state index contributed by atoms with van der Waals surface area (Å²) in [5.74, 6) is 0.299. The van der Waals surface area contributed by atoms with Crippen LogP contribution in [0.15, 0.2) is 121 Å². The molecule has 1 aromatic heterocycles. The Morgan fingerprint density at radius 3 is 2.07 bits per heavy atom. The normalized spacial score (nSPS) is 13.2. The van der Waals surface area contributed by atoms with Crippen molar-refractivity contribution in [2.24, 2.45) is 0 Å². The van der Waals surface area contributed by atoms with E-state index < -0.39 is 5.97 Å². The first-order chi connectivity index (χ1) is 22.1. The van der Waals surface area contributed by atoms with E-state index in [0.717, 1.165) is 16.7 Å². The second-order valence-electron chi connectivity index (χ2n) is 11.6. The minimum Gasteiger partial charge on any atom is -0.488 e. The third-order valence-electron chi connectivity index (χ3n) is 8.42. The Morgan fingerprint density at radius 2 is 1.40 bits per heavy atom. The van der Waals surface area contributed by atoms with Gasteiger partial charge in [-0.05, 0) is 65.3 Å². The molecule has 1 heterocycles. The van der Waals surface area contributed by atoms with Crippen molar-refractivity contribution in [3.05, 3.63) is 155 Å². The maximum absolute atomic E-state index is 13.9. The van der Waals surface area contributed by atoms with E-state index >= 15 is 0 Å². The average Bonchev–Trinajstić information content (AvgIpc) is 3.65. The number of anilines is 1. The largest absolute Gasteiger partial charge is 0.488 e. The molecule has 0 radical (unpaired) electrons. The van der Waals surface area contributed by atoms with Gasteiger partial charge in [0, 0.05) is 18.0 Å². The highest BCUT2D eigenvalue weighted by Gasteiger charge is 2.23. The molecular formula is C39H38N2O4. The fourth-order valence-electron chi connectivity index (χ4n) is 5.91. The van der Waals surface area contributed by atoms with Crippen LogP contribution in [0.4, 0.5) is 5.69 Å². The average molecular weight is 599 g/mol. The summed E-state index contributed by atoms with van der Waals surface area (Å²) in [6, 6.07) is 36.8. The molecule has 6 nitrogen and oxygen atoms in total. The molecule has 0 bridgehead atoms. The summed E-state index contributed by atoms with van der Waals surface area (Å²) in [5.41, 5.74) is 5.65. The molecule has 0 unspecified atom stereocenters. The number of ether oxygens (including phenoxy) is 2. The van der Waals surface area contributed by atoms with Gasteiger partial charge in [-0.25, -0.2) is 4.79 Å². The minimum absolute atomic E-state index is 0.147. The van der Waals surface area contributed by atoms with E-state index in [1.807, 2.05) is 66.7 Å². The Bertz CT molecular complexity index is 1680. The van der Waals surface area contributed by atoms with Crippen LogP contribution in [-0.2, 0) is 24.5 Å². The van der Waals surface area contributed by atoms with E-state index in [-0.39, 0.29) is 19.1 Å². The lowest BCUT2D eigenvalue weighted by molar-refractivity contribution is 0.0467. The molecule has 0 saturated heterocycles. The topological polar surface area (TPSA) is 71.6 Å². The standard InChI is InChI=1S/C39H38N2O4/c42-38(36-17-10-24-40-36)41(26-29-18-20-33(21-19-29)32-15-8-3-9-16-32)34-22-23-35(39(43)45-28-31-13-6-2-7-14-31)37(25-34)44-27-30-11-4-1-5-12-30/h1-2,4-7,10-14,17-25,32,40H,3,8-9,15-16,26-28H2. The molecule has 1 amide bonds. The first-order valence-electron chi connectivity index (χ1n) is 15.7. The van der Waals surface area contributed by atoms with Crippen molar-refractivity contribution in [3.63, 3.8) is 0 Å². The fourth-order valence-corrected chi connectivity index (χ4v) is 5.91. The highest BCUT2D eigenvalue weighted by Crippen LogP contribution is 2.33. The first-order valence-corrected chi connectivity index (χ1v) is 15.7. The van der Waals surface area contributed by atoms with Gasteiger partial charge in [-0.1, -0.05) is 104 Å². The molecule has 0 aliphatic heterocycles. The summed E-state index contributed by atoms with van der Waals surface area (Å²) in [6.45, 7) is 0.767. The molecular weight excluding hydrogens is 560 g/mol. The molecule has 0 spiro atoms. The van der Waals surface area contributed by atoms with Crippen molar-refractivity contribution in [1.29, 1.82) is 0 Å². The van der Waals surface area contributed by atoms with Crippen molar-refractivity contribution in [2.75, 3.05) is 4.90 Å². The second kappa shape index (κ2) is 14.6. The van der Waals surface area contributed by atoms with E-state index in [1.54, 1.807) is 35.4 Å². The number of hydrogen-bond donors (Lipinski definition) is 1. The third-order valence-corrected chi connectivity index (χ3v) is 8.42. The van der Waals surface area contributed by atoms with Crippen LogP contribution in [0, 0.1) is 0 Å². The number of benzene rings is 4. The number of aromatic nitrogens is 1. The number of rotatable bonds is 11. The molecule has 1 saturated carbocycles. The Hall–Kier alpha value is -5.10. The van der Waals surface area contributed by atoms with Gasteiger partial charge in [0.2, 0.25) is 0 Å². The predicted molar refractivity (Wildman–Crippen MR) is 176 cm³/mol. The zero-order valence-corrected chi connectivity index (χ0v) is 25.4. The maximum atomic E-state index is 13.9. The lowest BCUT2D eigenvalue weighted by Gasteiger charge is -2.25. The van der Waals surface area contributed by atoms with Crippen LogP contribution in [-0.4, -0.2) is 16.9 Å². The minimum atomic E-state index is -0.492. The van der Waals surface area contributed by atoms with Gasteiger partial charge in [0.25, 0.3) is 5.91 Å². The first kappa shape index (κ1) is 29.9. The van der Waals surface area contributed by atoms with Crippen LogP contribution in [0.3, 0.4) is 0 Å². The van der Waals surface area contributed by atoms with Crippen molar-refractivity contribution >= 4 is 17.6 Å². The van der Waals surface area contributed by atoms with Gasteiger partial charge in [0.1, 0.15) is 30.2 Å². The van der Waals surface area contributed by atoms with Gasteiger partial charge < -0.3 is 19.4 Å². The van der Waals surface area contributed by atoms with E-state index in [4.69, 9.17) is 9.47 Å². The van der Waals surface area contributed by atoms with Gasteiger partial charge in [0.05, 0.1) is 6.54 Å². The van der Waals surface area contributed by atoms with E-state index in [2.05, 4.69) is 29.2 Å². The van der Waals surface area contributed by atoms with Crippen LogP contribution in [0.5, 0.6) is 5.75 Å². The third kappa shape index (κ3) is 7.71. The number of nitrogens with zero attached hydrogens (tertiary/aromatic N) is 1. The number of carbonyl (C=O) groups is 2. The van der Waals surface area contributed by atoms with Crippen LogP contribution >= 0.6 is 0 Å². The summed E-state index contributed by atoms with van der Waals surface area (Å²) in [5, 5.41) is 0. The second-order valence-corrected chi connectivity index (χ2v) is 11.6. The van der Waals surface area contributed by atoms with E-state index in [1.165, 1.54) is 37.7 Å². The van der Waals surface area contributed by atoms with Crippen LogP contribution in [0.1, 0.15) is 81.1 Å². The molecule has 228 valence electrons. The van der Waals surface area contributed by atoms with E-state index in [0.29, 0.717) is 35.2 Å². The quantitative estimate of drug-likeness (QED) is 0.154. The molecule has 4 aromatic carbocycles. The van der Waals surface area contributed by atoms with Gasteiger partial charge in [-0.2, -0.15) is 0 Å². The van der Waals surface area contributed by atoms with Crippen molar-refractivity contribution in [1.82, 2.24) is 4.98 Å². The lowest BCUT2D eigenvalue weighted by Crippen LogP contribution is -2.31. The van der Waals surface area contributed by atoms with Crippen LogP contribution < -0.4 is 9.64 Å². The molecule has 0 atom stereocenters. The lowest BCUT2D eigenvalue weighted by atomic mass is 9.84. The molecule has 1 aliphatic rings. The molecule has 6 rings (SSSR count). The highest BCUT2D eigenvalue weighted by molar-refractivity contribution is 6.05. The number of H-pyrrole nitrogens is 1. The number of esters is 1. The Kier molecular flexibility index (Phi) is 9.71. The molecule has 1 fully saturated rings.